The summed E-state index contributed by atoms with van der Waals surface area (Å²) in [6, 6.07) is 10.1. The molecular formula is C20H21FN2O4. The van der Waals surface area contributed by atoms with Crippen LogP contribution < -0.4 is 4.90 Å². The van der Waals surface area contributed by atoms with Gasteiger partial charge in [-0.25, -0.2) is 9.18 Å². The Labute approximate surface area is 156 Å². The summed E-state index contributed by atoms with van der Waals surface area (Å²) in [6.45, 7) is 3.21. The van der Waals surface area contributed by atoms with Gasteiger partial charge in [0.2, 0.25) is 0 Å². The van der Waals surface area contributed by atoms with Crippen LogP contribution in [-0.4, -0.2) is 24.0 Å². The molecule has 0 aliphatic carbocycles. The smallest absolute Gasteiger partial charge is 0.338 e. The Bertz CT molecular complexity index is 832. The lowest BCUT2D eigenvalue weighted by molar-refractivity contribution is -0.384. The van der Waals surface area contributed by atoms with Crippen LogP contribution in [0.3, 0.4) is 0 Å². The fourth-order valence-electron chi connectivity index (χ4n) is 3.23. The van der Waals surface area contributed by atoms with Crippen LogP contribution in [0, 0.1) is 15.9 Å². The van der Waals surface area contributed by atoms with E-state index in [1.807, 2.05) is 4.90 Å². The second kappa shape index (κ2) is 8.16. The molecule has 27 heavy (non-hydrogen) atoms. The molecule has 1 aliphatic rings. The van der Waals surface area contributed by atoms with Gasteiger partial charge in [-0.05, 0) is 56.0 Å². The van der Waals surface area contributed by atoms with E-state index in [1.165, 1.54) is 30.3 Å². The van der Waals surface area contributed by atoms with Crippen molar-refractivity contribution in [2.24, 2.45) is 0 Å². The second-order valence-electron chi connectivity index (χ2n) is 6.61. The number of carbonyl (C=O) groups excluding carboxylic acids is 1. The van der Waals surface area contributed by atoms with Crippen molar-refractivity contribution >= 4 is 17.3 Å². The van der Waals surface area contributed by atoms with Crippen LogP contribution in [0.4, 0.5) is 15.8 Å². The SMILES string of the molecule is C[C@H](OC(=O)c1ccc(N2CCCCC2)c([N+](=O)[O-])c1)c1ccc(F)cc1. The number of benzene rings is 2. The van der Waals surface area contributed by atoms with Gasteiger partial charge >= 0.3 is 5.97 Å². The lowest BCUT2D eigenvalue weighted by atomic mass is 10.1. The maximum atomic E-state index is 13.0. The van der Waals surface area contributed by atoms with Crippen LogP contribution in [0.25, 0.3) is 0 Å². The first-order valence-electron chi connectivity index (χ1n) is 8.95. The van der Waals surface area contributed by atoms with E-state index < -0.39 is 17.0 Å². The molecule has 6 nitrogen and oxygen atoms in total. The molecule has 142 valence electrons. The van der Waals surface area contributed by atoms with E-state index in [9.17, 15) is 19.3 Å². The Kier molecular flexibility index (Phi) is 5.69. The molecule has 0 saturated carbocycles. The minimum atomic E-state index is -0.653. The molecule has 0 N–H and O–H groups in total. The number of nitrogens with zero attached hydrogens (tertiary/aromatic N) is 2. The van der Waals surface area contributed by atoms with Gasteiger partial charge < -0.3 is 9.64 Å². The van der Waals surface area contributed by atoms with E-state index in [2.05, 4.69) is 0 Å². The summed E-state index contributed by atoms with van der Waals surface area (Å²) in [5.74, 6) is -1.03. The lowest BCUT2D eigenvalue weighted by Crippen LogP contribution is -2.30. The molecule has 0 radical (unpaired) electrons. The van der Waals surface area contributed by atoms with Crippen molar-refractivity contribution in [3.8, 4) is 0 Å². The minimum absolute atomic E-state index is 0.0965. The molecule has 0 bridgehead atoms. The van der Waals surface area contributed by atoms with Crippen molar-refractivity contribution in [3.63, 3.8) is 0 Å². The topological polar surface area (TPSA) is 72.7 Å². The zero-order valence-electron chi connectivity index (χ0n) is 15.1. The molecule has 2 aromatic rings. The molecule has 0 amide bonds. The van der Waals surface area contributed by atoms with Crippen molar-refractivity contribution in [1.82, 2.24) is 0 Å². The summed E-state index contributed by atoms with van der Waals surface area (Å²) in [5.41, 5.74) is 1.20. The molecule has 1 atom stereocenters. The van der Waals surface area contributed by atoms with Gasteiger partial charge in [-0.15, -0.1) is 0 Å². The molecule has 7 heteroatoms. The van der Waals surface area contributed by atoms with Gasteiger partial charge in [0.1, 0.15) is 17.6 Å². The zero-order valence-corrected chi connectivity index (χ0v) is 15.1. The standard InChI is InChI=1S/C20H21FN2O4/c1-14(15-5-8-17(21)9-6-15)27-20(24)16-7-10-18(19(13-16)23(25)26)22-11-3-2-4-12-22/h5-10,13-14H,2-4,11-12H2,1H3/t14-/m0/s1. The molecule has 1 fully saturated rings. The number of piperidine rings is 1. The largest absolute Gasteiger partial charge is 0.454 e. The van der Waals surface area contributed by atoms with Crippen molar-refractivity contribution in [3.05, 3.63) is 69.5 Å². The number of carbonyl (C=O) groups is 1. The molecule has 2 aromatic carbocycles. The van der Waals surface area contributed by atoms with Crippen molar-refractivity contribution in [2.45, 2.75) is 32.3 Å². The molecule has 0 spiro atoms. The Morgan fingerprint density at radius 1 is 1.15 bits per heavy atom. The monoisotopic (exact) mass is 372 g/mol. The van der Waals surface area contributed by atoms with Crippen LogP contribution in [0.15, 0.2) is 42.5 Å². The quantitative estimate of drug-likeness (QED) is 0.434. The lowest BCUT2D eigenvalue weighted by Gasteiger charge is -2.28. The summed E-state index contributed by atoms with van der Waals surface area (Å²) in [5, 5.41) is 11.5. The van der Waals surface area contributed by atoms with E-state index in [0.717, 1.165) is 32.4 Å². The van der Waals surface area contributed by atoms with E-state index >= 15 is 0 Å². The number of hydrogen-bond acceptors (Lipinski definition) is 5. The van der Waals surface area contributed by atoms with Gasteiger partial charge in [0, 0.05) is 19.2 Å². The summed E-state index contributed by atoms with van der Waals surface area (Å²) >= 11 is 0. The van der Waals surface area contributed by atoms with Gasteiger partial charge in [0.15, 0.2) is 0 Å². The third-order valence-corrected chi connectivity index (χ3v) is 4.73. The summed E-state index contributed by atoms with van der Waals surface area (Å²) in [4.78, 5) is 25.4. The van der Waals surface area contributed by atoms with Gasteiger partial charge in [0.25, 0.3) is 5.69 Å². The first kappa shape index (κ1) is 18.8. The summed E-state index contributed by atoms with van der Waals surface area (Å²) in [7, 11) is 0. The Hall–Kier alpha value is -2.96. The highest BCUT2D eigenvalue weighted by atomic mass is 19.1. The highest BCUT2D eigenvalue weighted by Gasteiger charge is 2.24. The predicted molar refractivity (Wildman–Crippen MR) is 99.4 cm³/mol. The van der Waals surface area contributed by atoms with Crippen LogP contribution in [-0.2, 0) is 4.74 Å². The van der Waals surface area contributed by atoms with Crippen molar-refractivity contribution < 1.29 is 18.8 Å². The number of ether oxygens (including phenoxy) is 1. The normalized spacial score (nSPS) is 15.3. The van der Waals surface area contributed by atoms with Gasteiger partial charge in [-0.1, -0.05) is 12.1 Å². The molecule has 3 rings (SSSR count). The Balaban J connectivity index is 1.79. The second-order valence-corrected chi connectivity index (χ2v) is 6.61. The average Bonchev–Trinajstić information content (AvgIpc) is 2.68. The fraction of sp³-hybridized carbons (Fsp3) is 0.350. The third kappa shape index (κ3) is 4.42. The first-order chi connectivity index (χ1) is 13.0. The number of hydrogen-bond donors (Lipinski definition) is 0. The number of nitro groups is 1. The molecule has 1 saturated heterocycles. The van der Waals surface area contributed by atoms with Gasteiger partial charge in [-0.3, -0.25) is 10.1 Å². The molecule has 1 aliphatic heterocycles. The minimum Gasteiger partial charge on any atom is -0.454 e. The Morgan fingerprint density at radius 3 is 2.44 bits per heavy atom. The highest BCUT2D eigenvalue weighted by Crippen LogP contribution is 2.32. The van der Waals surface area contributed by atoms with E-state index in [1.54, 1.807) is 19.1 Å². The number of esters is 1. The fourth-order valence-corrected chi connectivity index (χ4v) is 3.23. The highest BCUT2D eigenvalue weighted by molar-refractivity contribution is 5.91. The first-order valence-corrected chi connectivity index (χ1v) is 8.95. The molecule has 0 unspecified atom stereocenters. The van der Waals surface area contributed by atoms with E-state index in [-0.39, 0.29) is 17.1 Å². The van der Waals surface area contributed by atoms with E-state index in [0.29, 0.717) is 11.3 Å². The van der Waals surface area contributed by atoms with Gasteiger partial charge in [0.05, 0.1) is 10.5 Å². The van der Waals surface area contributed by atoms with Crippen molar-refractivity contribution in [2.75, 3.05) is 18.0 Å². The van der Waals surface area contributed by atoms with Gasteiger partial charge in [-0.2, -0.15) is 0 Å². The summed E-state index contributed by atoms with van der Waals surface area (Å²) < 4.78 is 18.4. The maximum Gasteiger partial charge on any atom is 0.338 e. The predicted octanol–water partition coefficient (Wildman–Crippen LogP) is 4.64. The number of anilines is 1. The average molecular weight is 372 g/mol. The maximum absolute atomic E-state index is 13.0. The van der Waals surface area contributed by atoms with Crippen LogP contribution in [0.5, 0.6) is 0 Å². The number of rotatable bonds is 5. The van der Waals surface area contributed by atoms with Crippen LogP contribution in [0.1, 0.15) is 48.2 Å². The molecule has 0 aromatic heterocycles. The van der Waals surface area contributed by atoms with Crippen LogP contribution in [0.2, 0.25) is 0 Å². The van der Waals surface area contributed by atoms with E-state index in [4.69, 9.17) is 4.74 Å². The zero-order chi connectivity index (χ0) is 19.4. The Morgan fingerprint density at radius 2 is 1.81 bits per heavy atom. The molecule has 1 heterocycles. The van der Waals surface area contributed by atoms with Crippen LogP contribution >= 0.6 is 0 Å². The number of nitro benzene ring substituents is 1. The number of halogens is 1. The van der Waals surface area contributed by atoms with Crippen molar-refractivity contribution in [1.29, 1.82) is 0 Å². The summed E-state index contributed by atoms with van der Waals surface area (Å²) in [6.07, 6.45) is 2.52. The molecular weight excluding hydrogens is 351 g/mol. The third-order valence-electron chi connectivity index (χ3n) is 4.73.